The molecule has 0 aromatic heterocycles. The summed E-state index contributed by atoms with van der Waals surface area (Å²) in [4.78, 5) is 0.121. The number of sulfonamides is 1. The van der Waals surface area contributed by atoms with Gasteiger partial charge in [-0.05, 0) is 49.9 Å². The van der Waals surface area contributed by atoms with Crippen molar-refractivity contribution in [1.29, 1.82) is 0 Å². The second-order valence-corrected chi connectivity index (χ2v) is 7.77. The second kappa shape index (κ2) is 6.11. The molecule has 0 saturated carbocycles. The van der Waals surface area contributed by atoms with Crippen molar-refractivity contribution in [1.82, 2.24) is 4.72 Å². The Morgan fingerprint density at radius 1 is 1.35 bits per heavy atom. The largest absolute Gasteiger partial charge is 0.399 e. The number of hydrogen-bond donors (Lipinski definition) is 3. The van der Waals surface area contributed by atoms with Gasteiger partial charge in [-0.2, -0.15) is 0 Å². The lowest BCUT2D eigenvalue weighted by Gasteiger charge is -2.25. The van der Waals surface area contributed by atoms with Crippen molar-refractivity contribution in [2.24, 2.45) is 5.92 Å². The molecule has 114 valence electrons. The van der Waals surface area contributed by atoms with Crippen molar-refractivity contribution in [2.75, 3.05) is 12.3 Å². The predicted octanol–water partition coefficient (Wildman–Crippen LogP) is 1.65. The Balaban J connectivity index is 2.85. The summed E-state index contributed by atoms with van der Waals surface area (Å²) in [5.41, 5.74) is 5.77. The lowest BCUT2D eigenvalue weighted by molar-refractivity contribution is 0.0437. The molecule has 20 heavy (non-hydrogen) atoms. The van der Waals surface area contributed by atoms with Gasteiger partial charge in [-0.15, -0.1) is 0 Å². The van der Waals surface area contributed by atoms with Crippen LogP contribution in [-0.4, -0.2) is 25.7 Å². The van der Waals surface area contributed by atoms with E-state index in [0.717, 1.165) is 5.56 Å². The number of nitrogens with two attached hydrogens (primary N) is 1. The van der Waals surface area contributed by atoms with Crippen molar-refractivity contribution in [2.45, 2.75) is 44.6 Å². The average Bonchev–Trinajstić information content (AvgIpc) is 2.23. The lowest BCUT2D eigenvalue weighted by Crippen LogP contribution is -2.41. The van der Waals surface area contributed by atoms with E-state index in [-0.39, 0.29) is 17.4 Å². The van der Waals surface area contributed by atoms with Gasteiger partial charge < -0.3 is 10.8 Å². The molecule has 0 saturated heterocycles. The molecule has 1 atom stereocenters. The second-order valence-electron chi connectivity index (χ2n) is 6.00. The maximum Gasteiger partial charge on any atom is 0.240 e. The van der Waals surface area contributed by atoms with E-state index in [4.69, 9.17) is 5.73 Å². The molecule has 5 nitrogen and oxygen atoms in total. The van der Waals surface area contributed by atoms with Gasteiger partial charge in [0, 0.05) is 12.2 Å². The Morgan fingerprint density at radius 2 is 1.95 bits per heavy atom. The summed E-state index contributed by atoms with van der Waals surface area (Å²) in [6.07, 6.45) is 0.519. The Hall–Kier alpha value is -1.11. The van der Waals surface area contributed by atoms with E-state index in [1.165, 1.54) is 6.07 Å². The van der Waals surface area contributed by atoms with Gasteiger partial charge in [0.2, 0.25) is 10.0 Å². The van der Waals surface area contributed by atoms with Crippen LogP contribution in [0.4, 0.5) is 5.69 Å². The Labute approximate surface area is 121 Å². The van der Waals surface area contributed by atoms with Crippen LogP contribution in [-0.2, 0) is 10.0 Å². The van der Waals surface area contributed by atoms with Crippen molar-refractivity contribution in [3.8, 4) is 0 Å². The normalized spacial score (nSPS) is 15.3. The van der Waals surface area contributed by atoms with Gasteiger partial charge in [0.15, 0.2) is 0 Å². The first-order valence-electron chi connectivity index (χ1n) is 6.61. The number of anilines is 1. The van der Waals surface area contributed by atoms with Gasteiger partial charge in [0.25, 0.3) is 0 Å². The molecule has 0 fully saturated rings. The SMILES string of the molecule is Cc1cc(N)cc(S(=O)(=O)NCC(C)(O)CC(C)C)c1. The minimum atomic E-state index is -3.66. The van der Waals surface area contributed by atoms with Gasteiger partial charge in [0.05, 0.1) is 10.5 Å². The van der Waals surface area contributed by atoms with Gasteiger partial charge in [-0.1, -0.05) is 13.8 Å². The fourth-order valence-corrected chi connectivity index (χ4v) is 3.52. The highest BCUT2D eigenvalue weighted by molar-refractivity contribution is 7.89. The Kier molecular flexibility index (Phi) is 5.18. The van der Waals surface area contributed by atoms with E-state index >= 15 is 0 Å². The third-order valence-electron chi connectivity index (χ3n) is 2.87. The molecule has 0 bridgehead atoms. The average molecular weight is 300 g/mol. The number of hydrogen-bond acceptors (Lipinski definition) is 4. The molecule has 1 aromatic rings. The molecular weight excluding hydrogens is 276 g/mol. The van der Waals surface area contributed by atoms with Crippen molar-refractivity contribution in [3.63, 3.8) is 0 Å². The van der Waals surface area contributed by atoms with Crippen LogP contribution in [0.2, 0.25) is 0 Å². The molecule has 1 rings (SSSR count). The lowest BCUT2D eigenvalue weighted by atomic mass is 9.95. The van der Waals surface area contributed by atoms with Crippen LogP contribution in [0, 0.1) is 12.8 Å². The fraction of sp³-hybridized carbons (Fsp3) is 0.571. The van der Waals surface area contributed by atoms with Crippen molar-refractivity contribution < 1.29 is 13.5 Å². The highest BCUT2D eigenvalue weighted by Crippen LogP contribution is 2.19. The van der Waals surface area contributed by atoms with E-state index in [1.807, 2.05) is 13.8 Å². The smallest absolute Gasteiger partial charge is 0.240 e. The number of rotatable bonds is 6. The first-order chi connectivity index (χ1) is 9.02. The van der Waals surface area contributed by atoms with E-state index in [1.54, 1.807) is 26.0 Å². The van der Waals surface area contributed by atoms with Crippen LogP contribution in [0.5, 0.6) is 0 Å². The zero-order valence-corrected chi connectivity index (χ0v) is 13.3. The molecule has 1 aromatic carbocycles. The monoisotopic (exact) mass is 300 g/mol. The molecule has 0 aliphatic heterocycles. The van der Waals surface area contributed by atoms with Gasteiger partial charge >= 0.3 is 0 Å². The summed E-state index contributed by atoms with van der Waals surface area (Å²) in [7, 11) is -3.66. The molecule has 4 N–H and O–H groups in total. The topological polar surface area (TPSA) is 92.4 Å². The number of aryl methyl sites for hydroxylation is 1. The van der Waals surface area contributed by atoms with Crippen molar-refractivity contribution >= 4 is 15.7 Å². The Bertz CT molecular complexity index is 546. The third kappa shape index (κ3) is 5.11. The minimum Gasteiger partial charge on any atom is -0.399 e. The molecule has 0 aliphatic carbocycles. The summed E-state index contributed by atoms with van der Waals surface area (Å²) in [5.74, 6) is 0.282. The van der Waals surface area contributed by atoms with Crippen LogP contribution in [0.15, 0.2) is 23.1 Å². The summed E-state index contributed by atoms with van der Waals surface area (Å²) in [6.45, 7) is 7.33. The highest BCUT2D eigenvalue weighted by Gasteiger charge is 2.25. The molecule has 6 heteroatoms. The molecule has 1 unspecified atom stereocenters. The van der Waals surface area contributed by atoms with E-state index in [2.05, 4.69) is 4.72 Å². The van der Waals surface area contributed by atoms with Crippen LogP contribution < -0.4 is 10.5 Å². The summed E-state index contributed by atoms with van der Waals surface area (Å²) in [6, 6.07) is 4.66. The van der Waals surface area contributed by atoms with Crippen LogP contribution in [0.1, 0.15) is 32.8 Å². The predicted molar refractivity (Wildman–Crippen MR) is 80.9 cm³/mol. The standard InChI is InChI=1S/C14H24N2O3S/c1-10(2)8-14(4,17)9-16-20(18,19)13-6-11(3)5-12(15)7-13/h5-7,10,16-17H,8-9,15H2,1-4H3. The van der Waals surface area contributed by atoms with Crippen molar-refractivity contribution in [3.05, 3.63) is 23.8 Å². The van der Waals surface area contributed by atoms with E-state index in [0.29, 0.717) is 12.1 Å². The number of nitrogens with one attached hydrogen (secondary N) is 1. The van der Waals surface area contributed by atoms with E-state index < -0.39 is 15.6 Å². The van der Waals surface area contributed by atoms with E-state index in [9.17, 15) is 13.5 Å². The summed E-state index contributed by atoms with van der Waals surface area (Å²) >= 11 is 0. The zero-order valence-electron chi connectivity index (χ0n) is 12.5. The molecule has 0 radical (unpaired) electrons. The maximum absolute atomic E-state index is 12.2. The molecule has 0 amide bonds. The Morgan fingerprint density at radius 3 is 2.45 bits per heavy atom. The minimum absolute atomic E-state index is 0.0264. The zero-order chi connectivity index (χ0) is 15.6. The van der Waals surface area contributed by atoms with Gasteiger partial charge in [0.1, 0.15) is 0 Å². The molecule has 0 aliphatic rings. The molecule has 0 heterocycles. The highest BCUT2D eigenvalue weighted by atomic mass is 32.2. The van der Waals surface area contributed by atoms with Gasteiger partial charge in [-0.3, -0.25) is 0 Å². The third-order valence-corrected chi connectivity index (χ3v) is 4.26. The van der Waals surface area contributed by atoms with Gasteiger partial charge in [-0.25, -0.2) is 13.1 Å². The first kappa shape index (κ1) is 16.9. The number of benzene rings is 1. The number of nitrogen functional groups attached to an aromatic ring is 1. The summed E-state index contributed by atoms with van der Waals surface area (Å²) in [5, 5.41) is 10.2. The quantitative estimate of drug-likeness (QED) is 0.697. The molecule has 0 spiro atoms. The van der Waals surface area contributed by atoms with Crippen LogP contribution in [0.3, 0.4) is 0 Å². The molecular formula is C14H24N2O3S. The summed E-state index contributed by atoms with van der Waals surface area (Å²) < 4.78 is 26.8. The first-order valence-corrected chi connectivity index (χ1v) is 8.09. The number of aliphatic hydroxyl groups is 1. The fourth-order valence-electron chi connectivity index (χ4n) is 2.22. The maximum atomic E-state index is 12.2. The van der Waals surface area contributed by atoms with Crippen LogP contribution >= 0.6 is 0 Å². The van der Waals surface area contributed by atoms with Crippen LogP contribution in [0.25, 0.3) is 0 Å².